The number of aromatic nitrogens is 1. The second-order valence-corrected chi connectivity index (χ2v) is 4.31. The van der Waals surface area contributed by atoms with E-state index in [2.05, 4.69) is 16.9 Å². The fraction of sp³-hybridized carbons (Fsp3) is 0.133. The van der Waals surface area contributed by atoms with Gasteiger partial charge in [0.1, 0.15) is 5.82 Å². The van der Waals surface area contributed by atoms with Crippen molar-refractivity contribution in [3.05, 3.63) is 60.2 Å². The zero-order chi connectivity index (χ0) is 13.1. The zero-order valence-electron chi connectivity index (χ0n) is 10.5. The molecule has 0 aliphatic heterocycles. The second-order valence-electron chi connectivity index (χ2n) is 4.31. The van der Waals surface area contributed by atoms with Gasteiger partial charge in [-0.05, 0) is 43.2 Å². The number of hydrogen-bond acceptors (Lipinski definition) is 2. The molecule has 3 heteroatoms. The Morgan fingerprint density at radius 1 is 1.28 bits per heavy atom. The standard InChI is InChI=1S/C15H15FN2/c1-10(2)12-6-7-17-9-15(12)18-14-5-4-11(3)8-13(14)16/h4-9,18H,1H2,2-3H3. The maximum atomic E-state index is 13.8. The molecule has 1 heterocycles. The van der Waals surface area contributed by atoms with E-state index in [4.69, 9.17) is 0 Å². The predicted octanol–water partition coefficient (Wildman–Crippen LogP) is 4.31. The lowest BCUT2D eigenvalue weighted by Crippen LogP contribution is -1.98. The highest BCUT2D eigenvalue weighted by atomic mass is 19.1. The lowest BCUT2D eigenvalue weighted by Gasteiger charge is -2.12. The summed E-state index contributed by atoms with van der Waals surface area (Å²) in [6.45, 7) is 7.67. The number of benzene rings is 1. The molecule has 92 valence electrons. The molecule has 0 saturated carbocycles. The highest BCUT2D eigenvalue weighted by molar-refractivity contribution is 5.76. The molecule has 2 nitrogen and oxygen atoms in total. The first kappa shape index (κ1) is 12.3. The summed E-state index contributed by atoms with van der Waals surface area (Å²) in [4.78, 5) is 4.05. The van der Waals surface area contributed by atoms with Crippen LogP contribution in [0.3, 0.4) is 0 Å². The van der Waals surface area contributed by atoms with Crippen LogP contribution in [0.5, 0.6) is 0 Å². The van der Waals surface area contributed by atoms with E-state index in [0.717, 1.165) is 22.4 Å². The van der Waals surface area contributed by atoms with Crippen molar-refractivity contribution in [1.82, 2.24) is 4.98 Å². The van der Waals surface area contributed by atoms with Crippen molar-refractivity contribution in [2.24, 2.45) is 0 Å². The van der Waals surface area contributed by atoms with Gasteiger partial charge in [0.05, 0.1) is 17.6 Å². The van der Waals surface area contributed by atoms with Crippen molar-refractivity contribution in [3.63, 3.8) is 0 Å². The van der Waals surface area contributed by atoms with E-state index in [1.807, 2.05) is 26.0 Å². The average Bonchev–Trinajstić information content (AvgIpc) is 2.33. The first-order chi connectivity index (χ1) is 8.58. The zero-order valence-corrected chi connectivity index (χ0v) is 10.5. The van der Waals surface area contributed by atoms with Gasteiger partial charge in [0, 0.05) is 11.8 Å². The van der Waals surface area contributed by atoms with Gasteiger partial charge < -0.3 is 5.32 Å². The summed E-state index contributed by atoms with van der Waals surface area (Å²) in [6, 6.07) is 6.94. The molecule has 0 fully saturated rings. The van der Waals surface area contributed by atoms with Crippen molar-refractivity contribution in [2.45, 2.75) is 13.8 Å². The number of hydrogen-bond donors (Lipinski definition) is 1. The number of anilines is 2. The Morgan fingerprint density at radius 3 is 2.72 bits per heavy atom. The molecule has 0 atom stereocenters. The molecule has 1 aromatic heterocycles. The van der Waals surface area contributed by atoms with Gasteiger partial charge in [0.15, 0.2) is 0 Å². The fourth-order valence-electron chi connectivity index (χ4n) is 1.73. The number of allylic oxidation sites excluding steroid dienone is 1. The Labute approximate surface area is 106 Å². The van der Waals surface area contributed by atoms with Crippen LogP contribution in [-0.2, 0) is 0 Å². The largest absolute Gasteiger partial charge is 0.351 e. The number of nitrogens with zero attached hydrogens (tertiary/aromatic N) is 1. The Hall–Kier alpha value is -2.16. The van der Waals surface area contributed by atoms with Gasteiger partial charge in [-0.1, -0.05) is 12.6 Å². The predicted molar refractivity (Wildman–Crippen MR) is 73.4 cm³/mol. The monoisotopic (exact) mass is 242 g/mol. The summed E-state index contributed by atoms with van der Waals surface area (Å²) in [5.74, 6) is -0.272. The number of halogens is 1. The minimum atomic E-state index is -0.272. The Kier molecular flexibility index (Phi) is 3.42. The SMILES string of the molecule is C=C(C)c1ccncc1Nc1ccc(C)cc1F. The van der Waals surface area contributed by atoms with Gasteiger partial charge in [-0.15, -0.1) is 0 Å². The molecule has 0 spiro atoms. The quantitative estimate of drug-likeness (QED) is 0.867. The smallest absolute Gasteiger partial charge is 0.146 e. The van der Waals surface area contributed by atoms with Crippen molar-refractivity contribution >= 4 is 16.9 Å². The van der Waals surface area contributed by atoms with Crippen LogP contribution < -0.4 is 5.32 Å². The molecule has 1 N–H and O–H groups in total. The van der Waals surface area contributed by atoms with E-state index < -0.39 is 0 Å². The molecular formula is C15H15FN2. The van der Waals surface area contributed by atoms with Gasteiger partial charge in [-0.2, -0.15) is 0 Å². The van der Waals surface area contributed by atoms with Gasteiger partial charge >= 0.3 is 0 Å². The Bertz CT molecular complexity index is 591. The molecular weight excluding hydrogens is 227 g/mol. The molecule has 1 aromatic carbocycles. The van der Waals surface area contributed by atoms with Crippen LogP contribution in [-0.4, -0.2) is 4.98 Å². The van der Waals surface area contributed by atoms with Crippen molar-refractivity contribution in [3.8, 4) is 0 Å². The Morgan fingerprint density at radius 2 is 2.06 bits per heavy atom. The minimum Gasteiger partial charge on any atom is -0.351 e. The molecule has 0 saturated heterocycles. The molecule has 0 radical (unpaired) electrons. The summed E-state index contributed by atoms with van der Waals surface area (Å²) >= 11 is 0. The Balaban J connectivity index is 2.37. The van der Waals surface area contributed by atoms with Gasteiger partial charge in [-0.25, -0.2) is 4.39 Å². The number of aryl methyl sites for hydroxylation is 1. The van der Waals surface area contributed by atoms with Gasteiger partial charge in [-0.3, -0.25) is 4.98 Å². The summed E-state index contributed by atoms with van der Waals surface area (Å²) in [5.41, 5.74) is 3.94. The normalized spacial score (nSPS) is 10.2. The van der Waals surface area contributed by atoms with Crippen LogP contribution in [0.15, 0.2) is 43.2 Å². The second kappa shape index (κ2) is 5.00. The third-order valence-electron chi connectivity index (χ3n) is 2.67. The first-order valence-corrected chi connectivity index (χ1v) is 5.71. The molecule has 0 amide bonds. The van der Waals surface area contributed by atoms with E-state index in [-0.39, 0.29) is 5.82 Å². The van der Waals surface area contributed by atoms with Crippen LogP contribution >= 0.6 is 0 Å². The number of pyridine rings is 1. The number of rotatable bonds is 3. The third-order valence-corrected chi connectivity index (χ3v) is 2.67. The first-order valence-electron chi connectivity index (χ1n) is 5.71. The number of nitrogens with one attached hydrogen (secondary N) is 1. The lowest BCUT2D eigenvalue weighted by atomic mass is 10.1. The highest BCUT2D eigenvalue weighted by Gasteiger charge is 2.06. The van der Waals surface area contributed by atoms with Crippen LogP contribution in [0.2, 0.25) is 0 Å². The van der Waals surface area contributed by atoms with E-state index in [0.29, 0.717) is 5.69 Å². The average molecular weight is 242 g/mol. The van der Waals surface area contributed by atoms with E-state index in [1.165, 1.54) is 6.07 Å². The molecule has 0 aliphatic carbocycles. The van der Waals surface area contributed by atoms with Crippen molar-refractivity contribution in [1.29, 1.82) is 0 Å². The van der Waals surface area contributed by atoms with Crippen LogP contribution in [0.25, 0.3) is 5.57 Å². The molecule has 2 aromatic rings. The van der Waals surface area contributed by atoms with Crippen LogP contribution in [0.4, 0.5) is 15.8 Å². The third kappa shape index (κ3) is 2.56. The summed E-state index contributed by atoms with van der Waals surface area (Å²) in [7, 11) is 0. The van der Waals surface area contributed by atoms with E-state index >= 15 is 0 Å². The van der Waals surface area contributed by atoms with Crippen molar-refractivity contribution < 1.29 is 4.39 Å². The van der Waals surface area contributed by atoms with Gasteiger partial charge in [0.25, 0.3) is 0 Å². The van der Waals surface area contributed by atoms with E-state index in [1.54, 1.807) is 18.5 Å². The molecule has 2 rings (SSSR count). The van der Waals surface area contributed by atoms with Gasteiger partial charge in [0.2, 0.25) is 0 Å². The lowest BCUT2D eigenvalue weighted by molar-refractivity contribution is 0.630. The topological polar surface area (TPSA) is 24.9 Å². The maximum absolute atomic E-state index is 13.8. The van der Waals surface area contributed by atoms with Crippen LogP contribution in [0.1, 0.15) is 18.1 Å². The summed E-state index contributed by atoms with van der Waals surface area (Å²) < 4.78 is 13.8. The molecule has 18 heavy (non-hydrogen) atoms. The summed E-state index contributed by atoms with van der Waals surface area (Å²) in [5, 5.41) is 3.05. The summed E-state index contributed by atoms with van der Waals surface area (Å²) in [6.07, 6.45) is 3.37. The molecule has 0 unspecified atom stereocenters. The minimum absolute atomic E-state index is 0.272. The van der Waals surface area contributed by atoms with Crippen molar-refractivity contribution in [2.75, 3.05) is 5.32 Å². The highest BCUT2D eigenvalue weighted by Crippen LogP contribution is 2.26. The molecule has 0 bridgehead atoms. The fourth-order valence-corrected chi connectivity index (χ4v) is 1.73. The van der Waals surface area contributed by atoms with E-state index in [9.17, 15) is 4.39 Å². The van der Waals surface area contributed by atoms with Crippen LogP contribution in [0, 0.1) is 12.7 Å². The maximum Gasteiger partial charge on any atom is 0.146 e. The molecule has 0 aliphatic rings.